The first-order chi connectivity index (χ1) is 17.5. The Morgan fingerprint density at radius 2 is 1.67 bits per heavy atom. The Morgan fingerprint density at radius 3 is 2.36 bits per heavy atom. The third-order valence-electron chi connectivity index (χ3n) is 6.54. The molecule has 7 heteroatoms. The minimum absolute atomic E-state index is 0.0509. The summed E-state index contributed by atoms with van der Waals surface area (Å²) in [6, 6.07) is 24.0. The van der Waals surface area contributed by atoms with Gasteiger partial charge in [-0.25, -0.2) is 4.79 Å². The number of benzene rings is 3. The van der Waals surface area contributed by atoms with E-state index in [1.807, 2.05) is 48.2 Å². The summed E-state index contributed by atoms with van der Waals surface area (Å²) in [7, 11) is 0. The van der Waals surface area contributed by atoms with Crippen molar-refractivity contribution in [3.8, 4) is 12.1 Å². The molecule has 7 nitrogen and oxygen atoms in total. The van der Waals surface area contributed by atoms with E-state index in [1.54, 1.807) is 30.3 Å². The Balaban J connectivity index is 1.34. The quantitative estimate of drug-likeness (QED) is 0.534. The van der Waals surface area contributed by atoms with Crippen LogP contribution in [0.3, 0.4) is 0 Å². The van der Waals surface area contributed by atoms with Crippen LogP contribution in [0.4, 0.5) is 10.5 Å². The zero-order chi connectivity index (χ0) is 25.5. The number of nitrogens with one attached hydrogen (secondary N) is 2. The Morgan fingerprint density at radius 1 is 0.944 bits per heavy atom. The molecule has 0 aliphatic carbocycles. The Kier molecular flexibility index (Phi) is 7.63. The molecule has 0 aromatic heterocycles. The lowest BCUT2D eigenvalue weighted by Gasteiger charge is -2.32. The molecule has 1 fully saturated rings. The number of hydrogen-bond donors (Lipinski definition) is 2. The van der Waals surface area contributed by atoms with E-state index in [1.165, 1.54) is 5.56 Å². The van der Waals surface area contributed by atoms with E-state index in [0.29, 0.717) is 41.4 Å². The van der Waals surface area contributed by atoms with Crippen LogP contribution in [0.5, 0.6) is 0 Å². The second kappa shape index (κ2) is 11.2. The van der Waals surface area contributed by atoms with Crippen LogP contribution in [-0.4, -0.2) is 29.9 Å². The summed E-state index contributed by atoms with van der Waals surface area (Å²) >= 11 is 0. The number of carbonyl (C=O) groups excluding carboxylic acids is 2. The number of amides is 3. The van der Waals surface area contributed by atoms with Gasteiger partial charge in [-0.15, -0.1) is 0 Å². The van der Waals surface area contributed by atoms with Crippen LogP contribution in [0, 0.1) is 29.6 Å². The molecule has 0 atom stereocenters. The number of piperidine rings is 1. The normalized spacial score (nSPS) is 13.4. The predicted octanol–water partition coefficient (Wildman–Crippen LogP) is 5.08. The number of nitrogens with zero attached hydrogens (tertiary/aromatic N) is 3. The molecule has 3 aromatic carbocycles. The van der Waals surface area contributed by atoms with Crippen molar-refractivity contribution in [2.24, 2.45) is 0 Å². The monoisotopic (exact) mass is 477 g/mol. The molecule has 1 heterocycles. The highest BCUT2D eigenvalue weighted by Crippen LogP contribution is 2.29. The highest BCUT2D eigenvalue weighted by molar-refractivity contribution is 5.97. The van der Waals surface area contributed by atoms with Crippen molar-refractivity contribution >= 4 is 17.6 Å². The van der Waals surface area contributed by atoms with E-state index in [-0.39, 0.29) is 18.5 Å². The molecule has 2 N–H and O–H groups in total. The predicted molar refractivity (Wildman–Crippen MR) is 137 cm³/mol. The van der Waals surface area contributed by atoms with Gasteiger partial charge >= 0.3 is 6.03 Å². The standard InChI is InChI=1S/C29H27N5O2/c1-20-5-8-26(16-27(20)33-29(36)32-19-23-4-2-3-22(15-23)18-31)28(35)34-13-11-25(12-14-34)24-9-6-21(17-30)7-10-24/h2-10,15-16,25H,11-14,19H2,1H3,(H2,32,33,36). The van der Waals surface area contributed by atoms with Crippen LogP contribution in [0.25, 0.3) is 0 Å². The summed E-state index contributed by atoms with van der Waals surface area (Å²) in [5.41, 5.74) is 5.19. The maximum Gasteiger partial charge on any atom is 0.319 e. The molecule has 3 aromatic rings. The highest BCUT2D eigenvalue weighted by atomic mass is 16.2. The summed E-state index contributed by atoms with van der Waals surface area (Å²) in [5.74, 6) is 0.319. The molecule has 180 valence electrons. The number of hydrogen-bond acceptors (Lipinski definition) is 4. The number of carbonyl (C=O) groups is 2. The molecular formula is C29H27N5O2. The zero-order valence-electron chi connectivity index (χ0n) is 20.1. The maximum atomic E-state index is 13.2. The van der Waals surface area contributed by atoms with Gasteiger partial charge < -0.3 is 15.5 Å². The van der Waals surface area contributed by atoms with Crippen LogP contribution < -0.4 is 10.6 Å². The van der Waals surface area contributed by atoms with Gasteiger partial charge in [0.15, 0.2) is 0 Å². The van der Waals surface area contributed by atoms with E-state index in [4.69, 9.17) is 10.5 Å². The fraction of sp³-hybridized carbons (Fsp3) is 0.241. The summed E-state index contributed by atoms with van der Waals surface area (Å²) < 4.78 is 0. The number of urea groups is 1. The smallest absolute Gasteiger partial charge is 0.319 e. The van der Waals surface area contributed by atoms with E-state index >= 15 is 0 Å². The van der Waals surface area contributed by atoms with Crippen LogP contribution >= 0.6 is 0 Å². The second-order valence-electron chi connectivity index (χ2n) is 8.95. The van der Waals surface area contributed by atoms with E-state index < -0.39 is 0 Å². The minimum Gasteiger partial charge on any atom is -0.339 e. The van der Waals surface area contributed by atoms with Crippen molar-refractivity contribution in [3.05, 3.63) is 100 Å². The van der Waals surface area contributed by atoms with Crippen molar-refractivity contribution in [1.82, 2.24) is 10.2 Å². The van der Waals surface area contributed by atoms with Gasteiger partial charge in [-0.2, -0.15) is 10.5 Å². The van der Waals surface area contributed by atoms with Gasteiger partial charge in [0.05, 0.1) is 23.3 Å². The average molecular weight is 478 g/mol. The van der Waals surface area contributed by atoms with Crippen LogP contribution in [0.15, 0.2) is 66.7 Å². The lowest BCUT2D eigenvalue weighted by atomic mass is 9.89. The molecule has 1 saturated heterocycles. The first-order valence-corrected chi connectivity index (χ1v) is 11.9. The first kappa shape index (κ1) is 24.5. The number of nitriles is 2. The van der Waals surface area contributed by atoms with Gasteiger partial charge in [0.25, 0.3) is 5.91 Å². The number of aryl methyl sites for hydroxylation is 1. The maximum absolute atomic E-state index is 13.2. The molecule has 3 amide bonds. The third-order valence-corrected chi connectivity index (χ3v) is 6.54. The van der Waals surface area contributed by atoms with Crippen molar-refractivity contribution in [1.29, 1.82) is 10.5 Å². The van der Waals surface area contributed by atoms with Crippen molar-refractivity contribution in [2.45, 2.75) is 32.2 Å². The zero-order valence-corrected chi connectivity index (χ0v) is 20.1. The Hall–Kier alpha value is -4.62. The fourth-order valence-corrected chi connectivity index (χ4v) is 4.42. The number of anilines is 1. The SMILES string of the molecule is Cc1ccc(C(=O)N2CCC(c3ccc(C#N)cc3)CC2)cc1NC(=O)NCc1cccc(C#N)c1. The van der Waals surface area contributed by atoms with E-state index in [0.717, 1.165) is 24.0 Å². The van der Waals surface area contributed by atoms with Gasteiger partial charge in [-0.1, -0.05) is 30.3 Å². The number of rotatable bonds is 5. The third kappa shape index (κ3) is 5.89. The van der Waals surface area contributed by atoms with Gasteiger partial charge in [0.1, 0.15) is 0 Å². The average Bonchev–Trinajstić information content (AvgIpc) is 2.93. The van der Waals surface area contributed by atoms with Crippen LogP contribution in [0.2, 0.25) is 0 Å². The first-order valence-electron chi connectivity index (χ1n) is 11.9. The molecule has 0 unspecified atom stereocenters. The summed E-state index contributed by atoms with van der Waals surface area (Å²) in [4.78, 5) is 27.5. The molecule has 0 spiro atoms. The molecule has 0 radical (unpaired) electrons. The minimum atomic E-state index is -0.381. The molecular weight excluding hydrogens is 450 g/mol. The Bertz CT molecular complexity index is 1340. The molecule has 1 aliphatic rings. The number of likely N-dealkylation sites (tertiary alicyclic amines) is 1. The summed E-state index contributed by atoms with van der Waals surface area (Å²) in [6.07, 6.45) is 1.73. The highest BCUT2D eigenvalue weighted by Gasteiger charge is 2.25. The van der Waals surface area contributed by atoms with E-state index in [9.17, 15) is 9.59 Å². The van der Waals surface area contributed by atoms with Gasteiger partial charge in [-0.3, -0.25) is 4.79 Å². The van der Waals surface area contributed by atoms with Gasteiger partial charge in [-0.05, 0) is 78.8 Å². The summed E-state index contributed by atoms with van der Waals surface area (Å²) in [5, 5.41) is 23.6. The molecule has 36 heavy (non-hydrogen) atoms. The molecule has 0 saturated carbocycles. The topological polar surface area (TPSA) is 109 Å². The van der Waals surface area contributed by atoms with Crippen molar-refractivity contribution in [2.75, 3.05) is 18.4 Å². The van der Waals surface area contributed by atoms with Crippen molar-refractivity contribution in [3.63, 3.8) is 0 Å². The van der Waals surface area contributed by atoms with Gasteiger partial charge in [0, 0.05) is 30.9 Å². The molecule has 0 bridgehead atoms. The van der Waals surface area contributed by atoms with Crippen LogP contribution in [-0.2, 0) is 6.54 Å². The second-order valence-corrected chi connectivity index (χ2v) is 8.95. The lowest BCUT2D eigenvalue weighted by molar-refractivity contribution is 0.0713. The largest absolute Gasteiger partial charge is 0.339 e. The lowest BCUT2D eigenvalue weighted by Crippen LogP contribution is -2.38. The Labute approximate surface area is 211 Å². The molecule has 1 aliphatic heterocycles. The van der Waals surface area contributed by atoms with Crippen LogP contribution in [0.1, 0.15) is 56.9 Å². The van der Waals surface area contributed by atoms with E-state index in [2.05, 4.69) is 22.8 Å². The summed E-state index contributed by atoms with van der Waals surface area (Å²) in [6.45, 7) is 3.47. The molecule has 4 rings (SSSR count). The van der Waals surface area contributed by atoms with Crippen molar-refractivity contribution < 1.29 is 9.59 Å². The fourth-order valence-electron chi connectivity index (χ4n) is 4.42. The van der Waals surface area contributed by atoms with Gasteiger partial charge in [0.2, 0.25) is 0 Å².